The van der Waals surface area contributed by atoms with Crippen LogP contribution in [-0.2, 0) is 11.2 Å². The summed E-state index contributed by atoms with van der Waals surface area (Å²) in [4.78, 5) is 15.2. The van der Waals surface area contributed by atoms with Gasteiger partial charge >= 0.3 is 0 Å². The molecule has 4 rings (SSSR count). The van der Waals surface area contributed by atoms with E-state index < -0.39 is 0 Å². The first-order chi connectivity index (χ1) is 14.2. The van der Waals surface area contributed by atoms with Crippen molar-refractivity contribution >= 4 is 5.91 Å². The lowest BCUT2D eigenvalue weighted by atomic mass is 9.88. The Hall–Kier alpha value is -2.53. The van der Waals surface area contributed by atoms with Gasteiger partial charge in [0.25, 0.3) is 0 Å². The molecule has 0 aromatic heterocycles. The first-order valence-corrected chi connectivity index (χ1v) is 10.5. The molecule has 5 nitrogen and oxygen atoms in total. The predicted octanol–water partition coefficient (Wildman–Crippen LogP) is 4.03. The van der Waals surface area contributed by atoms with E-state index in [4.69, 9.17) is 9.47 Å². The number of methoxy groups -OCH3 is 2. The minimum Gasteiger partial charge on any atom is -0.497 e. The van der Waals surface area contributed by atoms with Crippen molar-refractivity contribution in [2.45, 2.75) is 44.2 Å². The van der Waals surface area contributed by atoms with Crippen LogP contribution in [0.2, 0.25) is 0 Å². The van der Waals surface area contributed by atoms with Crippen molar-refractivity contribution in [2.24, 2.45) is 0 Å². The molecule has 2 atom stereocenters. The second-order valence-corrected chi connectivity index (χ2v) is 7.95. The van der Waals surface area contributed by atoms with E-state index in [0.717, 1.165) is 55.7 Å². The van der Waals surface area contributed by atoms with Gasteiger partial charge in [0, 0.05) is 11.6 Å². The highest BCUT2D eigenvalue weighted by molar-refractivity contribution is 5.78. The lowest BCUT2D eigenvalue weighted by Crippen LogP contribution is -2.39. The average molecular weight is 395 g/mol. The summed E-state index contributed by atoms with van der Waals surface area (Å²) in [5.41, 5.74) is 3.74. The Morgan fingerprint density at radius 3 is 2.76 bits per heavy atom. The molecule has 0 bridgehead atoms. The summed E-state index contributed by atoms with van der Waals surface area (Å²) in [5, 5.41) is 3.29. The molecular formula is C24H30N2O3. The molecule has 1 fully saturated rings. The molecular weight excluding hydrogens is 364 g/mol. The predicted molar refractivity (Wildman–Crippen MR) is 113 cm³/mol. The molecule has 0 saturated carbocycles. The van der Waals surface area contributed by atoms with Crippen molar-refractivity contribution in [3.63, 3.8) is 0 Å². The summed E-state index contributed by atoms with van der Waals surface area (Å²) in [6, 6.07) is 14.7. The van der Waals surface area contributed by atoms with Crippen LogP contribution in [0.1, 0.15) is 54.5 Å². The zero-order valence-corrected chi connectivity index (χ0v) is 17.3. The maximum Gasteiger partial charge on any atom is 0.234 e. The van der Waals surface area contributed by atoms with Gasteiger partial charge in [-0.15, -0.1) is 0 Å². The Morgan fingerprint density at radius 1 is 1.07 bits per heavy atom. The minimum atomic E-state index is 0.0977. The highest BCUT2D eigenvalue weighted by atomic mass is 16.5. The van der Waals surface area contributed by atoms with Crippen LogP contribution in [0.3, 0.4) is 0 Å². The molecule has 0 radical (unpaired) electrons. The summed E-state index contributed by atoms with van der Waals surface area (Å²) in [6.45, 7) is 1.32. The van der Waals surface area contributed by atoms with Gasteiger partial charge in [0.1, 0.15) is 11.5 Å². The Kier molecular flexibility index (Phi) is 6.05. The number of carbonyl (C=O) groups is 1. The van der Waals surface area contributed by atoms with E-state index >= 15 is 0 Å². The number of aryl methyl sites for hydroxylation is 1. The molecule has 2 aliphatic rings. The zero-order valence-electron chi connectivity index (χ0n) is 17.3. The van der Waals surface area contributed by atoms with Gasteiger partial charge < -0.3 is 14.8 Å². The monoisotopic (exact) mass is 394 g/mol. The van der Waals surface area contributed by atoms with E-state index in [0.29, 0.717) is 6.54 Å². The van der Waals surface area contributed by atoms with Crippen molar-refractivity contribution in [1.82, 2.24) is 10.2 Å². The van der Waals surface area contributed by atoms with Gasteiger partial charge in [0.15, 0.2) is 0 Å². The van der Waals surface area contributed by atoms with Crippen molar-refractivity contribution in [1.29, 1.82) is 0 Å². The molecule has 1 N–H and O–H groups in total. The van der Waals surface area contributed by atoms with E-state index in [-0.39, 0.29) is 18.0 Å². The fourth-order valence-corrected chi connectivity index (χ4v) is 4.80. The molecule has 1 aliphatic carbocycles. The lowest BCUT2D eigenvalue weighted by Gasteiger charge is -2.29. The average Bonchev–Trinajstić information content (AvgIpc) is 3.21. The molecule has 2 aromatic rings. The third-order valence-electron chi connectivity index (χ3n) is 6.21. The number of hydrogen-bond donors (Lipinski definition) is 1. The van der Waals surface area contributed by atoms with E-state index in [2.05, 4.69) is 34.5 Å². The maximum absolute atomic E-state index is 12.9. The van der Waals surface area contributed by atoms with Gasteiger partial charge in [0.2, 0.25) is 5.91 Å². The van der Waals surface area contributed by atoms with Crippen molar-refractivity contribution in [3.8, 4) is 11.5 Å². The number of rotatable bonds is 6. The molecule has 1 saturated heterocycles. The van der Waals surface area contributed by atoms with Crippen LogP contribution in [0.4, 0.5) is 0 Å². The van der Waals surface area contributed by atoms with Crippen molar-refractivity contribution in [3.05, 3.63) is 59.2 Å². The largest absolute Gasteiger partial charge is 0.497 e. The lowest BCUT2D eigenvalue weighted by molar-refractivity contribution is -0.123. The summed E-state index contributed by atoms with van der Waals surface area (Å²) in [5.74, 6) is 1.76. The second kappa shape index (κ2) is 8.87. The Labute approximate surface area is 173 Å². The van der Waals surface area contributed by atoms with E-state index in [1.165, 1.54) is 11.1 Å². The summed E-state index contributed by atoms with van der Waals surface area (Å²) in [7, 11) is 3.37. The molecule has 1 heterocycles. The number of fused-ring (bicyclic) bond motifs is 1. The van der Waals surface area contributed by atoms with Crippen LogP contribution in [0.25, 0.3) is 0 Å². The van der Waals surface area contributed by atoms with E-state index in [1.54, 1.807) is 14.2 Å². The topological polar surface area (TPSA) is 50.8 Å². The van der Waals surface area contributed by atoms with Crippen LogP contribution < -0.4 is 14.8 Å². The van der Waals surface area contributed by atoms with Gasteiger partial charge in [-0.05, 0) is 68.0 Å². The van der Waals surface area contributed by atoms with Gasteiger partial charge in [0.05, 0.1) is 26.8 Å². The van der Waals surface area contributed by atoms with E-state index in [1.807, 2.05) is 18.2 Å². The number of benzene rings is 2. The first kappa shape index (κ1) is 19.8. The van der Waals surface area contributed by atoms with Crippen LogP contribution in [0, 0.1) is 0 Å². The molecule has 1 amide bonds. The molecule has 29 heavy (non-hydrogen) atoms. The van der Waals surface area contributed by atoms with Gasteiger partial charge in [-0.1, -0.05) is 24.3 Å². The number of likely N-dealkylation sites (tertiary alicyclic amines) is 1. The molecule has 2 aromatic carbocycles. The molecule has 1 aliphatic heterocycles. The molecule has 0 spiro atoms. The second-order valence-electron chi connectivity index (χ2n) is 7.95. The van der Waals surface area contributed by atoms with Crippen LogP contribution >= 0.6 is 0 Å². The van der Waals surface area contributed by atoms with E-state index in [9.17, 15) is 4.79 Å². The number of hydrogen-bond acceptors (Lipinski definition) is 4. The normalized spacial score (nSPS) is 21.4. The fraction of sp³-hybridized carbons (Fsp3) is 0.458. The smallest absolute Gasteiger partial charge is 0.234 e. The number of nitrogens with one attached hydrogen (secondary N) is 1. The Morgan fingerprint density at radius 2 is 1.93 bits per heavy atom. The van der Waals surface area contributed by atoms with Crippen molar-refractivity contribution < 1.29 is 14.3 Å². The van der Waals surface area contributed by atoms with Gasteiger partial charge in [-0.25, -0.2) is 0 Å². The first-order valence-electron chi connectivity index (χ1n) is 10.5. The third-order valence-corrected chi connectivity index (χ3v) is 6.21. The van der Waals surface area contributed by atoms with Crippen LogP contribution in [0.5, 0.6) is 11.5 Å². The van der Waals surface area contributed by atoms with Gasteiger partial charge in [-0.3, -0.25) is 9.69 Å². The zero-order chi connectivity index (χ0) is 20.2. The molecule has 2 unspecified atom stereocenters. The highest BCUT2D eigenvalue weighted by Gasteiger charge is 2.31. The Balaban J connectivity index is 1.46. The summed E-state index contributed by atoms with van der Waals surface area (Å²) >= 11 is 0. The number of nitrogens with zero attached hydrogens (tertiary/aromatic N) is 1. The SMILES string of the molecule is COc1ccc(OC)c(C2CCCN2CC(=O)NC2CCCc3ccccc32)c1. The third kappa shape index (κ3) is 4.25. The van der Waals surface area contributed by atoms with Crippen molar-refractivity contribution in [2.75, 3.05) is 27.3 Å². The maximum atomic E-state index is 12.9. The number of carbonyl (C=O) groups excluding carboxylic acids is 1. The number of ether oxygens (including phenoxy) is 2. The minimum absolute atomic E-state index is 0.0977. The van der Waals surface area contributed by atoms with Gasteiger partial charge in [-0.2, -0.15) is 0 Å². The standard InChI is InChI=1S/C24H30N2O3/c1-28-18-12-13-23(29-2)20(15-18)22-11-6-14-26(22)16-24(27)25-21-10-5-8-17-7-3-4-9-19(17)21/h3-4,7,9,12-13,15,21-22H,5-6,8,10-11,14,16H2,1-2H3,(H,25,27). The fourth-order valence-electron chi connectivity index (χ4n) is 4.80. The summed E-state index contributed by atoms with van der Waals surface area (Å²) in [6.07, 6.45) is 5.32. The number of amides is 1. The molecule has 154 valence electrons. The Bertz CT molecular complexity index is 867. The van der Waals surface area contributed by atoms with Crippen LogP contribution in [-0.4, -0.2) is 38.1 Å². The quantitative estimate of drug-likeness (QED) is 0.804. The van der Waals surface area contributed by atoms with Crippen LogP contribution in [0.15, 0.2) is 42.5 Å². The summed E-state index contributed by atoms with van der Waals surface area (Å²) < 4.78 is 11.0. The molecule has 5 heteroatoms. The highest BCUT2D eigenvalue weighted by Crippen LogP contribution is 2.38.